The van der Waals surface area contributed by atoms with Crippen molar-refractivity contribution in [1.29, 1.82) is 0 Å². The van der Waals surface area contributed by atoms with Crippen LogP contribution in [0.5, 0.6) is 0 Å². The van der Waals surface area contributed by atoms with Gasteiger partial charge in [0.25, 0.3) is 0 Å². The summed E-state index contributed by atoms with van der Waals surface area (Å²) in [5, 5.41) is 12.7. The van der Waals surface area contributed by atoms with Gasteiger partial charge in [-0.3, -0.25) is 0 Å². The lowest BCUT2D eigenvalue weighted by Crippen LogP contribution is -2.12. The molecular formula is C16H22FN5S. The molecule has 0 radical (unpaired) electrons. The first kappa shape index (κ1) is 16.2. The van der Waals surface area contributed by atoms with Gasteiger partial charge in [0, 0.05) is 25.2 Å². The summed E-state index contributed by atoms with van der Waals surface area (Å²) in [7, 11) is 0. The summed E-state index contributed by atoms with van der Waals surface area (Å²) in [6.07, 6.45) is 10.4. The molecule has 1 fully saturated rings. The lowest BCUT2D eigenvalue weighted by atomic mass is 10.2. The van der Waals surface area contributed by atoms with Gasteiger partial charge in [0.2, 0.25) is 0 Å². The Hall–Kier alpha value is -1.63. The number of halogens is 1. The predicted molar refractivity (Wildman–Crippen MR) is 90.3 cm³/mol. The number of nitrogens with one attached hydrogen (secondary N) is 1. The van der Waals surface area contributed by atoms with Gasteiger partial charge < -0.3 is 9.88 Å². The monoisotopic (exact) mass is 335 g/mol. The van der Waals surface area contributed by atoms with Crippen molar-refractivity contribution in [3.05, 3.63) is 30.0 Å². The minimum atomic E-state index is -0.314. The molecule has 1 aliphatic carbocycles. The Morgan fingerprint density at radius 3 is 2.91 bits per heavy atom. The first-order valence-corrected chi connectivity index (χ1v) is 9.34. The van der Waals surface area contributed by atoms with Crippen molar-refractivity contribution >= 4 is 17.6 Å². The van der Waals surface area contributed by atoms with Crippen LogP contribution >= 0.6 is 11.8 Å². The maximum atomic E-state index is 13.5. The second-order valence-corrected chi connectivity index (χ2v) is 6.55. The van der Waals surface area contributed by atoms with Crippen LogP contribution < -0.4 is 5.32 Å². The number of hydrogen-bond donors (Lipinski definition) is 1. The number of aryl methyl sites for hydroxylation is 1. The molecule has 1 aliphatic rings. The summed E-state index contributed by atoms with van der Waals surface area (Å²) in [6.45, 7) is 0.667. The highest BCUT2D eigenvalue weighted by Gasteiger charge is 2.23. The second-order valence-electron chi connectivity index (χ2n) is 5.78. The largest absolute Gasteiger partial charge is 0.368 e. The van der Waals surface area contributed by atoms with Gasteiger partial charge in [-0.2, -0.15) is 0 Å². The zero-order valence-electron chi connectivity index (χ0n) is 13.3. The Labute approximate surface area is 140 Å². The number of hydrogen-bond acceptors (Lipinski definition) is 5. The van der Waals surface area contributed by atoms with Crippen LogP contribution in [0.15, 0.2) is 23.5 Å². The highest BCUT2D eigenvalue weighted by atomic mass is 32.2. The third-order valence-electron chi connectivity index (χ3n) is 4.24. The molecule has 23 heavy (non-hydrogen) atoms. The summed E-state index contributed by atoms with van der Waals surface area (Å²) in [5.41, 5.74) is 0. The van der Waals surface area contributed by atoms with E-state index in [0.717, 1.165) is 23.8 Å². The van der Waals surface area contributed by atoms with Gasteiger partial charge in [-0.25, -0.2) is 9.37 Å². The molecule has 0 aliphatic heterocycles. The number of pyridine rings is 1. The highest BCUT2D eigenvalue weighted by Crippen LogP contribution is 2.33. The van der Waals surface area contributed by atoms with E-state index in [1.807, 2.05) is 6.26 Å². The van der Waals surface area contributed by atoms with Crippen molar-refractivity contribution in [2.75, 3.05) is 18.1 Å². The fourth-order valence-electron chi connectivity index (χ4n) is 3.12. The molecule has 0 atom stereocenters. The van der Waals surface area contributed by atoms with Crippen molar-refractivity contribution in [3.63, 3.8) is 0 Å². The second kappa shape index (κ2) is 7.77. The van der Waals surface area contributed by atoms with Gasteiger partial charge in [0.1, 0.15) is 5.82 Å². The summed E-state index contributed by atoms with van der Waals surface area (Å²) < 4.78 is 15.8. The molecule has 0 bridgehead atoms. The Morgan fingerprint density at radius 2 is 2.17 bits per heavy atom. The minimum absolute atomic E-state index is 0.314. The number of anilines is 1. The van der Waals surface area contributed by atoms with Crippen LogP contribution in [-0.2, 0) is 6.42 Å². The van der Waals surface area contributed by atoms with E-state index in [0.29, 0.717) is 18.4 Å². The van der Waals surface area contributed by atoms with E-state index >= 15 is 0 Å². The maximum absolute atomic E-state index is 13.5. The third-order valence-corrected chi connectivity index (χ3v) is 4.88. The van der Waals surface area contributed by atoms with Crippen LogP contribution in [0.3, 0.4) is 0 Å². The first-order valence-electron chi connectivity index (χ1n) is 8.11. The molecule has 2 aromatic heterocycles. The van der Waals surface area contributed by atoms with Crippen molar-refractivity contribution < 1.29 is 4.39 Å². The van der Waals surface area contributed by atoms with E-state index in [4.69, 9.17) is 0 Å². The molecule has 0 spiro atoms. The van der Waals surface area contributed by atoms with E-state index in [-0.39, 0.29) is 5.82 Å². The summed E-state index contributed by atoms with van der Waals surface area (Å²) in [6, 6.07) is 3.55. The molecule has 2 heterocycles. The number of aromatic nitrogens is 4. The van der Waals surface area contributed by atoms with E-state index in [9.17, 15) is 4.39 Å². The van der Waals surface area contributed by atoms with Crippen molar-refractivity contribution in [2.24, 2.45) is 0 Å². The molecule has 2 aromatic rings. The fraction of sp³-hybridized carbons (Fsp3) is 0.562. The zero-order valence-corrected chi connectivity index (χ0v) is 14.2. The molecule has 0 unspecified atom stereocenters. The van der Waals surface area contributed by atoms with Gasteiger partial charge in [-0.05, 0) is 37.7 Å². The standard InChI is InChI=1S/C16H22FN5S/c1-23-16-21-20-14(22(16)12-6-2-3-7-12)9-5-11-19-15-13(17)8-4-10-18-15/h4,8,10,12H,2-3,5-7,9,11H2,1H3,(H,18,19). The quantitative estimate of drug-likeness (QED) is 0.618. The SMILES string of the molecule is CSc1nnc(CCCNc2ncccc2F)n1C1CCCC1. The molecule has 3 rings (SSSR count). The van der Waals surface area contributed by atoms with Crippen LogP contribution in [0.25, 0.3) is 0 Å². The third kappa shape index (κ3) is 3.83. The molecule has 1 N–H and O–H groups in total. The predicted octanol–water partition coefficient (Wildman–Crippen LogP) is 3.69. The minimum Gasteiger partial charge on any atom is -0.368 e. The van der Waals surface area contributed by atoms with Crippen molar-refractivity contribution in [1.82, 2.24) is 19.7 Å². The number of nitrogens with zero attached hydrogens (tertiary/aromatic N) is 4. The topological polar surface area (TPSA) is 55.6 Å². The van der Waals surface area contributed by atoms with E-state index in [2.05, 4.69) is 25.1 Å². The molecule has 124 valence electrons. The van der Waals surface area contributed by atoms with Gasteiger partial charge in [-0.15, -0.1) is 10.2 Å². The number of rotatable bonds is 7. The van der Waals surface area contributed by atoms with Crippen LogP contribution in [0.4, 0.5) is 10.2 Å². The molecule has 5 nitrogen and oxygen atoms in total. The Kier molecular flexibility index (Phi) is 5.48. The van der Waals surface area contributed by atoms with Crippen LogP contribution in [-0.4, -0.2) is 32.5 Å². The summed E-state index contributed by atoms with van der Waals surface area (Å²) >= 11 is 1.66. The lowest BCUT2D eigenvalue weighted by molar-refractivity contribution is 0.461. The van der Waals surface area contributed by atoms with Crippen molar-refractivity contribution in [3.8, 4) is 0 Å². The zero-order chi connectivity index (χ0) is 16.1. The molecule has 0 aromatic carbocycles. The Bertz CT molecular complexity index is 639. The fourth-order valence-corrected chi connectivity index (χ4v) is 3.69. The first-order chi connectivity index (χ1) is 11.3. The Morgan fingerprint density at radius 1 is 1.35 bits per heavy atom. The van der Waals surface area contributed by atoms with E-state index < -0.39 is 0 Å². The Balaban J connectivity index is 1.58. The lowest BCUT2D eigenvalue weighted by Gasteiger charge is -2.16. The maximum Gasteiger partial charge on any atom is 0.191 e. The summed E-state index contributed by atoms with van der Waals surface area (Å²) in [5.74, 6) is 1.05. The molecule has 0 amide bonds. The van der Waals surface area contributed by atoms with Crippen LogP contribution in [0, 0.1) is 5.82 Å². The van der Waals surface area contributed by atoms with Crippen LogP contribution in [0.1, 0.15) is 44.0 Å². The average molecular weight is 335 g/mol. The highest BCUT2D eigenvalue weighted by molar-refractivity contribution is 7.98. The van der Waals surface area contributed by atoms with Crippen LogP contribution in [0.2, 0.25) is 0 Å². The molecule has 7 heteroatoms. The average Bonchev–Trinajstić information content (AvgIpc) is 3.21. The molecular weight excluding hydrogens is 313 g/mol. The molecule has 1 saturated carbocycles. The number of thioether (sulfide) groups is 1. The van der Waals surface area contributed by atoms with E-state index in [1.165, 1.54) is 31.7 Å². The van der Waals surface area contributed by atoms with Gasteiger partial charge in [0.05, 0.1) is 0 Å². The smallest absolute Gasteiger partial charge is 0.191 e. The summed E-state index contributed by atoms with van der Waals surface area (Å²) in [4.78, 5) is 4.00. The van der Waals surface area contributed by atoms with Gasteiger partial charge >= 0.3 is 0 Å². The normalized spacial score (nSPS) is 15.2. The van der Waals surface area contributed by atoms with E-state index in [1.54, 1.807) is 24.0 Å². The van der Waals surface area contributed by atoms with Gasteiger partial charge in [0.15, 0.2) is 16.8 Å². The van der Waals surface area contributed by atoms with Crippen molar-refractivity contribution in [2.45, 2.75) is 49.7 Å². The van der Waals surface area contributed by atoms with Gasteiger partial charge in [-0.1, -0.05) is 24.6 Å². The molecule has 0 saturated heterocycles.